The summed E-state index contributed by atoms with van der Waals surface area (Å²) in [7, 11) is 0. The summed E-state index contributed by atoms with van der Waals surface area (Å²) in [6.07, 6.45) is 10.3. The summed E-state index contributed by atoms with van der Waals surface area (Å²) in [5.74, 6) is 1.75. The normalized spacial score (nSPS) is 31.9. The van der Waals surface area contributed by atoms with E-state index in [0.29, 0.717) is 0 Å². The van der Waals surface area contributed by atoms with Crippen molar-refractivity contribution in [3.63, 3.8) is 0 Å². The van der Waals surface area contributed by atoms with Gasteiger partial charge in [0.1, 0.15) is 0 Å². The highest BCUT2D eigenvalue weighted by Crippen LogP contribution is 2.42. The third kappa shape index (κ3) is 3.20. The van der Waals surface area contributed by atoms with Gasteiger partial charge in [-0.1, -0.05) is 13.3 Å². The van der Waals surface area contributed by atoms with Gasteiger partial charge in [-0.05, 0) is 63.3 Å². The standard InChI is InChI=1S/C17H31NO2/c1-2-9-18-16(14-4-3-5-14)15-6-10-20-17(13-15)7-11-19-12-8-17/h14-16,18H,2-13H2,1H3. The minimum Gasteiger partial charge on any atom is -0.381 e. The van der Waals surface area contributed by atoms with E-state index >= 15 is 0 Å². The van der Waals surface area contributed by atoms with Crippen LogP contribution in [0.2, 0.25) is 0 Å². The van der Waals surface area contributed by atoms with E-state index in [0.717, 1.165) is 50.5 Å². The largest absolute Gasteiger partial charge is 0.381 e. The molecule has 3 aliphatic rings. The third-order valence-corrected chi connectivity index (χ3v) is 5.73. The second kappa shape index (κ2) is 6.76. The third-order valence-electron chi connectivity index (χ3n) is 5.73. The van der Waals surface area contributed by atoms with Crippen molar-refractivity contribution < 1.29 is 9.47 Å². The van der Waals surface area contributed by atoms with Gasteiger partial charge in [-0.3, -0.25) is 0 Å². The minimum absolute atomic E-state index is 0.150. The summed E-state index contributed by atoms with van der Waals surface area (Å²) in [4.78, 5) is 0. The van der Waals surface area contributed by atoms with Gasteiger partial charge < -0.3 is 14.8 Å². The van der Waals surface area contributed by atoms with Gasteiger partial charge in [0, 0.05) is 25.9 Å². The summed E-state index contributed by atoms with van der Waals surface area (Å²) >= 11 is 0. The van der Waals surface area contributed by atoms with Crippen LogP contribution in [0.5, 0.6) is 0 Å². The summed E-state index contributed by atoms with van der Waals surface area (Å²) in [5, 5.41) is 3.88. The van der Waals surface area contributed by atoms with Crippen molar-refractivity contribution in [3.05, 3.63) is 0 Å². The van der Waals surface area contributed by atoms with Crippen LogP contribution in [-0.4, -0.2) is 38.0 Å². The predicted octanol–water partition coefficient (Wildman–Crippen LogP) is 3.13. The molecule has 3 rings (SSSR count). The van der Waals surface area contributed by atoms with Crippen LogP contribution in [0.15, 0.2) is 0 Å². The highest BCUT2D eigenvalue weighted by Gasteiger charge is 2.43. The van der Waals surface area contributed by atoms with Crippen molar-refractivity contribution in [2.24, 2.45) is 11.8 Å². The summed E-state index contributed by atoms with van der Waals surface area (Å²) < 4.78 is 11.8. The molecule has 3 fully saturated rings. The maximum atomic E-state index is 6.21. The Morgan fingerprint density at radius 1 is 1.10 bits per heavy atom. The van der Waals surface area contributed by atoms with E-state index in [1.807, 2.05) is 0 Å². The molecule has 0 aromatic heterocycles. The molecule has 0 aromatic carbocycles. The van der Waals surface area contributed by atoms with Crippen molar-refractivity contribution in [1.29, 1.82) is 0 Å². The number of nitrogens with one attached hydrogen (secondary N) is 1. The summed E-state index contributed by atoms with van der Waals surface area (Å²) in [5.41, 5.74) is 0.150. The number of ether oxygens (including phenoxy) is 2. The van der Waals surface area contributed by atoms with Crippen LogP contribution < -0.4 is 5.32 Å². The van der Waals surface area contributed by atoms with Crippen LogP contribution in [0.4, 0.5) is 0 Å². The van der Waals surface area contributed by atoms with E-state index in [4.69, 9.17) is 9.47 Å². The van der Waals surface area contributed by atoms with Crippen LogP contribution in [0.3, 0.4) is 0 Å². The molecule has 2 atom stereocenters. The van der Waals surface area contributed by atoms with Crippen LogP contribution >= 0.6 is 0 Å². The molecule has 1 spiro atoms. The first-order valence-corrected chi connectivity index (χ1v) is 8.78. The fourth-order valence-electron chi connectivity index (χ4n) is 4.29. The van der Waals surface area contributed by atoms with E-state index in [1.54, 1.807) is 0 Å². The second-order valence-electron chi connectivity index (χ2n) is 7.07. The zero-order valence-electron chi connectivity index (χ0n) is 13.0. The molecule has 0 amide bonds. The molecule has 2 unspecified atom stereocenters. The van der Waals surface area contributed by atoms with E-state index in [1.165, 1.54) is 45.1 Å². The van der Waals surface area contributed by atoms with E-state index < -0.39 is 0 Å². The van der Waals surface area contributed by atoms with Crippen molar-refractivity contribution >= 4 is 0 Å². The Labute approximate surface area is 123 Å². The quantitative estimate of drug-likeness (QED) is 0.840. The van der Waals surface area contributed by atoms with Crippen molar-refractivity contribution in [2.45, 2.75) is 69.9 Å². The van der Waals surface area contributed by atoms with Gasteiger partial charge in [-0.2, -0.15) is 0 Å². The molecule has 1 N–H and O–H groups in total. The Morgan fingerprint density at radius 2 is 1.90 bits per heavy atom. The molecule has 2 heterocycles. The maximum absolute atomic E-state index is 6.21. The lowest BCUT2D eigenvalue weighted by Gasteiger charge is -2.48. The van der Waals surface area contributed by atoms with E-state index in [-0.39, 0.29) is 5.60 Å². The molecular formula is C17H31NO2. The lowest BCUT2D eigenvalue weighted by molar-refractivity contribution is -0.152. The average Bonchev–Trinajstić information content (AvgIpc) is 2.42. The zero-order chi connectivity index (χ0) is 13.8. The predicted molar refractivity (Wildman–Crippen MR) is 80.9 cm³/mol. The smallest absolute Gasteiger partial charge is 0.0729 e. The van der Waals surface area contributed by atoms with Gasteiger partial charge in [0.05, 0.1) is 5.60 Å². The fourth-order valence-corrected chi connectivity index (χ4v) is 4.29. The molecule has 1 aliphatic carbocycles. The zero-order valence-corrected chi connectivity index (χ0v) is 13.0. The van der Waals surface area contributed by atoms with Gasteiger partial charge in [-0.15, -0.1) is 0 Å². The summed E-state index contributed by atoms with van der Waals surface area (Å²) in [6.45, 7) is 6.19. The Balaban J connectivity index is 1.63. The second-order valence-corrected chi connectivity index (χ2v) is 7.07. The molecule has 0 radical (unpaired) electrons. The molecule has 3 nitrogen and oxygen atoms in total. The molecular weight excluding hydrogens is 250 g/mol. The van der Waals surface area contributed by atoms with Crippen LogP contribution in [0.25, 0.3) is 0 Å². The van der Waals surface area contributed by atoms with Gasteiger partial charge in [0.15, 0.2) is 0 Å². The monoisotopic (exact) mass is 281 g/mol. The highest BCUT2D eigenvalue weighted by atomic mass is 16.5. The van der Waals surface area contributed by atoms with Crippen LogP contribution in [0.1, 0.15) is 58.3 Å². The Morgan fingerprint density at radius 3 is 2.55 bits per heavy atom. The Kier molecular flexibility index (Phi) is 5.00. The first-order chi connectivity index (χ1) is 9.83. The van der Waals surface area contributed by atoms with E-state index in [9.17, 15) is 0 Å². The van der Waals surface area contributed by atoms with Gasteiger partial charge in [0.2, 0.25) is 0 Å². The first-order valence-electron chi connectivity index (χ1n) is 8.78. The maximum Gasteiger partial charge on any atom is 0.0729 e. The van der Waals surface area contributed by atoms with Gasteiger partial charge in [-0.25, -0.2) is 0 Å². The molecule has 1 saturated carbocycles. The van der Waals surface area contributed by atoms with Crippen LogP contribution in [-0.2, 0) is 9.47 Å². The lowest BCUT2D eigenvalue weighted by atomic mass is 9.69. The van der Waals surface area contributed by atoms with E-state index in [2.05, 4.69) is 12.2 Å². The lowest BCUT2D eigenvalue weighted by Crippen LogP contribution is -2.52. The number of hydrogen-bond donors (Lipinski definition) is 1. The Bertz CT molecular complexity index is 292. The fraction of sp³-hybridized carbons (Fsp3) is 1.00. The molecule has 2 aliphatic heterocycles. The number of hydrogen-bond acceptors (Lipinski definition) is 3. The molecule has 3 heteroatoms. The molecule has 116 valence electrons. The topological polar surface area (TPSA) is 30.5 Å². The van der Waals surface area contributed by atoms with Gasteiger partial charge in [0.25, 0.3) is 0 Å². The highest BCUT2D eigenvalue weighted by molar-refractivity contribution is 4.96. The summed E-state index contributed by atoms with van der Waals surface area (Å²) in [6, 6.07) is 0.743. The molecule has 20 heavy (non-hydrogen) atoms. The van der Waals surface area contributed by atoms with Crippen molar-refractivity contribution in [1.82, 2.24) is 5.32 Å². The van der Waals surface area contributed by atoms with Crippen molar-refractivity contribution in [3.8, 4) is 0 Å². The van der Waals surface area contributed by atoms with Gasteiger partial charge >= 0.3 is 0 Å². The minimum atomic E-state index is 0.150. The average molecular weight is 281 g/mol. The molecule has 0 aromatic rings. The molecule has 0 bridgehead atoms. The Hall–Kier alpha value is -0.120. The molecule has 2 saturated heterocycles. The van der Waals surface area contributed by atoms with Crippen molar-refractivity contribution in [2.75, 3.05) is 26.4 Å². The SMILES string of the molecule is CCCNC(C1CCC1)C1CCOC2(CCOCC2)C1. The number of rotatable bonds is 5. The first kappa shape index (κ1) is 14.8. The van der Waals surface area contributed by atoms with Crippen LogP contribution in [0, 0.1) is 11.8 Å².